The maximum absolute atomic E-state index is 14.1. The van der Waals surface area contributed by atoms with Crippen LogP contribution in [-0.4, -0.2) is 34.6 Å². The van der Waals surface area contributed by atoms with E-state index >= 15 is 0 Å². The number of aromatic nitrogens is 3. The van der Waals surface area contributed by atoms with E-state index in [1.165, 1.54) is 4.52 Å². The number of hydrogen-bond acceptors (Lipinski definition) is 5. The van der Waals surface area contributed by atoms with Crippen LogP contribution < -0.4 is 0 Å². The van der Waals surface area contributed by atoms with Gasteiger partial charge in [-0.05, 0) is 36.5 Å². The van der Waals surface area contributed by atoms with Crippen molar-refractivity contribution in [2.75, 3.05) is 13.9 Å². The van der Waals surface area contributed by atoms with Crippen molar-refractivity contribution in [3.63, 3.8) is 0 Å². The summed E-state index contributed by atoms with van der Waals surface area (Å²) >= 11 is 0. The molecule has 1 aliphatic carbocycles. The molecular weight excluding hydrogens is 402 g/mol. The zero-order chi connectivity index (χ0) is 22.2. The van der Waals surface area contributed by atoms with Gasteiger partial charge in [0.05, 0.1) is 11.8 Å². The first-order chi connectivity index (χ1) is 14.8. The molecule has 4 rings (SSSR count). The van der Waals surface area contributed by atoms with E-state index in [1.54, 1.807) is 7.11 Å². The van der Waals surface area contributed by atoms with Gasteiger partial charge in [0.15, 0.2) is 5.65 Å². The number of benzene rings is 1. The molecule has 0 bridgehead atoms. The Bertz CT molecular complexity index is 1190. The van der Waals surface area contributed by atoms with E-state index in [9.17, 15) is 14.0 Å². The number of methoxy groups -OCH3 is 1. The number of allylic oxidation sites excluding steroid dienone is 1. The van der Waals surface area contributed by atoms with Gasteiger partial charge in [-0.1, -0.05) is 36.4 Å². The van der Waals surface area contributed by atoms with Gasteiger partial charge in [0.1, 0.15) is 18.4 Å². The summed E-state index contributed by atoms with van der Waals surface area (Å²) in [5, 5.41) is 14.0. The molecule has 2 heterocycles. The second kappa shape index (κ2) is 8.17. The average molecular weight is 424 g/mol. The third-order valence-electron chi connectivity index (χ3n) is 5.39. The first kappa shape index (κ1) is 21.1. The molecule has 0 amide bonds. The maximum atomic E-state index is 14.1. The van der Waals surface area contributed by atoms with E-state index in [0.717, 1.165) is 30.0 Å². The van der Waals surface area contributed by atoms with Crippen LogP contribution in [0.5, 0.6) is 0 Å². The molecule has 0 saturated carbocycles. The Hall–Kier alpha value is -3.15. The Morgan fingerprint density at radius 3 is 2.68 bits per heavy atom. The molecule has 1 aromatic carbocycles. The molecular formula is C23H22F2N4O2. The lowest BCUT2D eigenvalue weighted by atomic mass is 9.92. The highest BCUT2D eigenvalue weighted by molar-refractivity contribution is 5.86. The monoisotopic (exact) mass is 424 g/mol. The number of alkyl halides is 2. The molecule has 1 unspecified atom stereocenters. The number of fused-ring (bicyclic) bond motifs is 1. The van der Waals surface area contributed by atoms with Crippen LogP contribution >= 0.6 is 0 Å². The summed E-state index contributed by atoms with van der Waals surface area (Å²) in [5.74, 6) is -3.84. The topological polar surface area (TPSA) is 72.4 Å². The Morgan fingerprint density at radius 2 is 2.03 bits per heavy atom. The Labute approximate surface area is 178 Å². The van der Waals surface area contributed by atoms with Crippen LogP contribution in [-0.2, 0) is 15.4 Å². The van der Waals surface area contributed by atoms with Gasteiger partial charge < -0.3 is 9.47 Å². The smallest absolute Gasteiger partial charge is 0.305 e. The molecule has 0 aliphatic heterocycles. The zero-order valence-corrected chi connectivity index (χ0v) is 17.5. The minimum Gasteiger partial charge on any atom is -0.359 e. The summed E-state index contributed by atoms with van der Waals surface area (Å²) in [7, 11) is 1.56. The largest absolute Gasteiger partial charge is 0.359 e. The van der Waals surface area contributed by atoms with Crippen LogP contribution in [0.4, 0.5) is 8.78 Å². The second-order valence-electron chi connectivity index (χ2n) is 7.60. The third-order valence-corrected chi connectivity index (χ3v) is 5.39. The number of hydrogen-bond donors (Lipinski definition) is 0. The minimum atomic E-state index is -3.23. The van der Waals surface area contributed by atoms with Gasteiger partial charge in [-0.25, -0.2) is 9.50 Å². The normalized spacial score (nSPS) is 16.5. The molecule has 6 nitrogen and oxygen atoms in total. The van der Waals surface area contributed by atoms with E-state index in [1.807, 2.05) is 43.3 Å². The molecule has 31 heavy (non-hydrogen) atoms. The number of halogens is 2. The first-order valence-electron chi connectivity index (χ1n) is 9.94. The van der Waals surface area contributed by atoms with Crippen molar-refractivity contribution in [3.8, 4) is 17.2 Å². The predicted octanol–water partition coefficient (Wildman–Crippen LogP) is 4.85. The molecule has 2 aromatic heterocycles. The van der Waals surface area contributed by atoms with Crippen LogP contribution in [0.3, 0.4) is 0 Å². The van der Waals surface area contributed by atoms with Crippen molar-refractivity contribution in [2.45, 2.75) is 38.7 Å². The van der Waals surface area contributed by atoms with Crippen LogP contribution in [0.25, 0.3) is 22.3 Å². The average Bonchev–Trinajstić information content (AvgIpc) is 3.39. The highest BCUT2D eigenvalue weighted by atomic mass is 19.3. The molecule has 0 saturated heterocycles. The number of nitriles is 1. The van der Waals surface area contributed by atoms with Gasteiger partial charge in [-0.15, -0.1) is 5.10 Å². The lowest BCUT2D eigenvalue weighted by Gasteiger charge is -2.17. The molecule has 1 aliphatic rings. The molecule has 3 aromatic rings. The molecule has 0 spiro atoms. The lowest BCUT2D eigenvalue weighted by molar-refractivity contribution is -0.0549. The van der Waals surface area contributed by atoms with E-state index < -0.39 is 11.7 Å². The van der Waals surface area contributed by atoms with E-state index in [2.05, 4.69) is 16.2 Å². The van der Waals surface area contributed by atoms with Crippen molar-refractivity contribution >= 4 is 11.2 Å². The number of nitrogens with zero attached hydrogens (tertiary/aromatic N) is 4. The highest BCUT2D eigenvalue weighted by Crippen LogP contribution is 2.40. The first-order valence-corrected chi connectivity index (χ1v) is 9.94. The van der Waals surface area contributed by atoms with Gasteiger partial charge in [0.25, 0.3) is 0 Å². The van der Waals surface area contributed by atoms with Gasteiger partial charge in [-0.3, -0.25) is 0 Å². The number of ether oxygens (including phenoxy) is 2. The fourth-order valence-corrected chi connectivity index (χ4v) is 3.95. The van der Waals surface area contributed by atoms with E-state index in [-0.39, 0.29) is 24.1 Å². The summed E-state index contributed by atoms with van der Waals surface area (Å²) < 4.78 is 40.3. The summed E-state index contributed by atoms with van der Waals surface area (Å²) in [5.41, 5.74) is 4.26. The predicted molar refractivity (Wildman–Crippen MR) is 111 cm³/mol. The fraction of sp³-hybridized carbons (Fsp3) is 0.348. The minimum absolute atomic E-state index is 0.133. The highest BCUT2D eigenvalue weighted by Gasteiger charge is 2.33. The SMILES string of the molecule is COCOC1C=C(c2c(-c3ccccc3)c(C)c(C#N)c3nc(C(C)(F)F)nn23)CC1. The Balaban J connectivity index is 2.04. The molecule has 160 valence electrons. The quantitative estimate of drug-likeness (QED) is 0.529. The van der Waals surface area contributed by atoms with E-state index in [4.69, 9.17) is 9.47 Å². The van der Waals surface area contributed by atoms with Crippen molar-refractivity contribution in [1.82, 2.24) is 14.6 Å². The van der Waals surface area contributed by atoms with Gasteiger partial charge >= 0.3 is 5.92 Å². The van der Waals surface area contributed by atoms with Gasteiger partial charge in [0, 0.05) is 19.6 Å². The molecule has 0 N–H and O–H groups in total. The fourth-order valence-electron chi connectivity index (χ4n) is 3.95. The van der Waals surface area contributed by atoms with Crippen molar-refractivity contribution < 1.29 is 18.3 Å². The summed E-state index contributed by atoms with van der Waals surface area (Å²) in [6.45, 7) is 2.73. The molecule has 0 fully saturated rings. The van der Waals surface area contributed by atoms with Crippen LogP contribution in [0.15, 0.2) is 36.4 Å². The second-order valence-corrected chi connectivity index (χ2v) is 7.60. The van der Waals surface area contributed by atoms with Crippen LogP contribution in [0.2, 0.25) is 0 Å². The van der Waals surface area contributed by atoms with E-state index in [0.29, 0.717) is 17.7 Å². The Morgan fingerprint density at radius 1 is 1.29 bits per heavy atom. The van der Waals surface area contributed by atoms with Gasteiger partial charge in [-0.2, -0.15) is 14.0 Å². The van der Waals surface area contributed by atoms with Crippen molar-refractivity contribution in [2.24, 2.45) is 0 Å². The maximum Gasteiger partial charge on any atom is 0.305 e. The standard InChI is InChI=1S/C23H22F2N4O2/c1-14-18(12-26)21-27-22(23(2,24)25)28-29(21)20(19(14)15-7-5-4-6-8-15)16-9-10-17(11-16)31-13-30-3/h4-8,11,17H,9-10,13H2,1-3H3. The summed E-state index contributed by atoms with van der Waals surface area (Å²) in [6.07, 6.45) is 3.22. The molecule has 0 radical (unpaired) electrons. The van der Waals surface area contributed by atoms with Gasteiger partial charge in [0.2, 0.25) is 5.82 Å². The number of rotatable bonds is 6. The van der Waals surface area contributed by atoms with Crippen LogP contribution in [0, 0.1) is 18.3 Å². The van der Waals surface area contributed by atoms with Crippen molar-refractivity contribution in [1.29, 1.82) is 5.26 Å². The molecule has 1 atom stereocenters. The lowest BCUT2D eigenvalue weighted by Crippen LogP contribution is -2.10. The van der Waals surface area contributed by atoms with Crippen LogP contribution in [0.1, 0.15) is 42.4 Å². The molecule has 8 heteroatoms. The van der Waals surface area contributed by atoms with Crippen molar-refractivity contribution in [3.05, 3.63) is 59.1 Å². The Kier molecular flexibility index (Phi) is 5.56. The zero-order valence-electron chi connectivity index (χ0n) is 17.5. The summed E-state index contributed by atoms with van der Waals surface area (Å²) in [6, 6.07) is 11.7. The number of pyridine rings is 1. The summed E-state index contributed by atoms with van der Waals surface area (Å²) in [4.78, 5) is 4.05. The third kappa shape index (κ3) is 3.82.